The minimum absolute atomic E-state index is 0.0861. The summed E-state index contributed by atoms with van der Waals surface area (Å²) in [7, 11) is -3.72. The molecule has 8 heteroatoms. The van der Waals surface area contributed by atoms with Crippen LogP contribution in [0.5, 0.6) is 0 Å². The highest BCUT2D eigenvalue weighted by Crippen LogP contribution is 2.24. The average molecular weight is 433 g/mol. The second kappa shape index (κ2) is 9.49. The lowest BCUT2D eigenvalue weighted by Gasteiger charge is -2.30. The summed E-state index contributed by atoms with van der Waals surface area (Å²) in [6.45, 7) is 2.19. The number of nitrogens with zero attached hydrogens (tertiary/aromatic N) is 1. The monoisotopic (exact) mass is 432 g/mol. The molecule has 0 spiro atoms. The van der Waals surface area contributed by atoms with Crippen molar-refractivity contribution in [3.63, 3.8) is 0 Å². The van der Waals surface area contributed by atoms with Crippen molar-refractivity contribution in [1.29, 1.82) is 0 Å². The average Bonchev–Trinajstić information content (AvgIpc) is 2.75. The van der Waals surface area contributed by atoms with Gasteiger partial charge in [0, 0.05) is 31.1 Å². The van der Waals surface area contributed by atoms with E-state index in [0.29, 0.717) is 36.9 Å². The Bertz CT molecular complexity index is 1030. The number of ketones is 1. The van der Waals surface area contributed by atoms with Crippen LogP contribution >= 0.6 is 0 Å². The fourth-order valence-electron chi connectivity index (χ4n) is 3.55. The van der Waals surface area contributed by atoms with Gasteiger partial charge in [-0.05, 0) is 49.9 Å². The second-order valence-electron chi connectivity index (χ2n) is 7.39. The molecule has 2 aromatic rings. The van der Waals surface area contributed by atoms with E-state index >= 15 is 0 Å². The Kier molecular flexibility index (Phi) is 6.99. The number of Topliss-reactive ketones (excluding diaryl/α,β-unsaturated/α-hetero) is 1. The number of halogens is 1. The predicted molar refractivity (Wildman–Crippen MR) is 111 cm³/mol. The van der Waals surface area contributed by atoms with Crippen LogP contribution in [-0.2, 0) is 21.2 Å². The third-order valence-electron chi connectivity index (χ3n) is 5.35. The Morgan fingerprint density at radius 2 is 1.80 bits per heavy atom. The molecular weight excluding hydrogens is 407 g/mol. The van der Waals surface area contributed by atoms with Gasteiger partial charge < -0.3 is 5.32 Å². The SMILES string of the molecule is CC(=O)c1cccc(S(=O)(=O)N2CCC(C(=O)NCCc3ccccc3F)CC2)c1. The van der Waals surface area contributed by atoms with Gasteiger partial charge in [-0.15, -0.1) is 0 Å². The number of benzene rings is 2. The zero-order chi connectivity index (χ0) is 21.7. The number of rotatable bonds is 7. The first kappa shape index (κ1) is 22.1. The highest BCUT2D eigenvalue weighted by atomic mass is 32.2. The summed E-state index contributed by atoms with van der Waals surface area (Å²) < 4.78 is 40.8. The van der Waals surface area contributed by atoms with E-state index < -0.39 is 10.0 Å². The van der Waals surface area contributed by atoms with Crippen LogP contribution in [0.25, 0.3) is 0 Å². The van der Waals surface area contributed by atoms with Crippen LogP contribution < -0.4 is 5.32 Å². The fraction of sp³-hybridized carbons (Fsp3) is 0.364. The first-order valence-electron chi connectivity index (χ1n) is 9.91. The van der Waals surface area contributed by atoms with E-state index in [1.807, 2.05) is 0 Å². The van der Waals surface area contributed by atoms with Gasteiger partial charge in [0.2, 0.25) is 15.9 Å². The van der Waals surface area contributed by atoms with Gasteiger partial charge in [-0.25, -0.2) is 12.8 Å². The number of piperidine rings is 1. The lowest BCUT2D eigenvalue weighted by molar-refractivity contribution is -0.126. The van der Waals surface area contributed by atoms with Crippen molar-refractivity contribution in [3.8, 4) is 0 Å². The number of amides is 1. The molecule has 1 amide bonds. The Morgan fingerprint density at radius 1 is 1.10 bits per heavy atom. The summed E-state index contributed by atoms with van der Waals surface area (Å²) in [5.74, 6) is -0.903. The van der Waals surface area contributed by atoms with Gasteiger partial charge in [-0.2, -0.15) is 4.31 Å². The smallest absolute Gasteiger partial charge is 0.243 e. The Morgan fingerprint density at radius 3 is 2.47 bits per heavy atom. The zero-order valence-corrected chi connectivity index (χ0v) is 17.6. The van der Waals surface area contributed by atoms with E-state index in [-0.39, 0.29) is 41.4 Å². The van der Waals surface area contributed by atoms with Gasteiger partial charge in [0.1, 0.15) is 5.82 Å². The molecule has 160 valence electrons. The van der Waals surface area contributed by atoms with Crippen molar-refractivity contribution in [2.45, 2.75) is 31.1 Å². The third kappa shape index (κ3) is 5.12. The van der Waals surface area contributed by atoms with Crippen LogP contribution in [0.1, 0.15) is 35.7 Å². The lowest BCUT2D eigenvalue weighted by Crippen LogP contribution is -2.43. The molecule has 6 nitrogen and oxygen atoms in total. The number of hydrogen-bond donors (Lipinski definition) is 1. The number of hydrogen-bond acceptors (Lipinski definition) is 4. The van der Waals surface area contributed by atoms with Crippen molar-refractivity contribution in [2.24, 2.45) is 5.92 Å². The molecule has 1 fully saturated rings. The van der Waals surface area contributed by atoms with Crippen LogP contribution in [-0.4, -0.2) is 44.0 Å². The van der Waals surface area contributed by atoms with E-state index in [0.717, 1.165) is 0 Å². The van der Waals surface area contributed by atoms with Gasteiger partial charge in [0.25, 0.3) is 0 Å². The quantitative estimate of drug-likeness (QED) is 0.682. The predicted octanol–water partition coefficient (Wildman–Crippen LogP) is 2.79. The minimum Gasteiger partial charge on any atom is -0.356 e. The van der Waals surface area contributed by atoms with Crippen LogP contribution in [0, 0.1) is 11.7 Å². The van der Waals surface area contributed by atoms with Crippen LogP contribution in [0.15, 0.2) is 53.4 Å². The number of nitrogens with one attached hydrogen (secondary N) is 1. The molecule has 2 aromatic carbocycles. The van der Waals surface area contributed by atoms with E-state index in [1.165, 1.54) is 29.4 Å². The van der Waals surface area contributed by atoms with E-state index in [2.05, 4.69) is 5.32 Å². The second-order valence-corrected chi connectivity index (χ2v) is 9.33. The van der Waals surface area contributed by atoms with Gasteiger partial charge >= 0.3 is 0 Å². The lowest BCUT2D eigenvalue weighted by atomic mass is 9.97. The molecule has 1 heterocycles. The molecule has 0 bridgehead atoms. The summed E-state index contributed by atoms with van der Waals surface area (Å²) in [5, 5.41) is 2.82. The number of carbonyl (C=O) groups excluding carboxylic acids is 2. The van der Waals surface area contributed by atoms with Crippen molar-refractivity contribution in [2.75, 3.05) is 19.6 Å². The standard InChI is InChI=1S/C22H25FN2O4S/c1-16(26)19-6-4-7-20(15-19)30(28,29)25-13-10-18(11-14-25)22(27)24-12-9-17-5-2-3-8-21(17)23/h2-8,15,18H,9-14H2,1H3,(H,24,27). The Balaban J connectivity index is 1.53. The van der Waals surface area contributed by atoms with Crippen molar-refractivity contribution in [3.05, 3.63) is 65.5 Å². The van der Waals surface area contributed by atoms with Crippen LogP contribution in [0.2, 0.25) is 0 Å². The van der Waals surface area contributed by atoms with Gasteiger partial charge in [0.05, 0.1) is 4.90 Å². The molecule has 3 rings (SSSR count). The molecule has 1 saturated heterocycles. The molecule has 0 saturated carbocycles. The van der Waals surface area contributed by atoms with E-state index in [1.54, 1.807) is 30.3 Å². The fourth-order valence-corrected chi connectivity index (χ4v) is 5.06. The molecule has 30 heavy (non-hydrogen) atoms. The minimum atomic E-state index is -3.72. The van der Waals surface area contributed by atoms with Crippen molar-refractivity contribution >= 4 is 21.7 Å². The maximum absolute atomic E-state index is 13.6. The largest absolute Gasteiger partial charge is 0.356 e. The highest BCUT2D eigenvalue weighted by molar-refractivity contribution is 7.89. The zero-order valence-electron chi connectivity index (χ0n) is 16.8. The summed E-state index contributed by atoms with van der Waals surface area (Å²) >= 11 is 0. The molecule has 0 atom stereocenters. The Hall–Kier alpha value is -2.58. The maximum atomic E-state index is 13.6. The maximum Gasteiger partial charge on any atom is 0.243 e. The molecule has 1 N–H and O–H groups in total. The van der Waals surface area contributed by atoms with Crippen LogP contribution in [0.4, 0.5) is 4.39 Å². The van der Waals surface area contributed by atoms with E-state index in [4.69, 9.17) is 0 Å². The third-order valence-corrected chi connectivity index (χ3v) is 7.25. The molecule has 0 aromatic heterocycles. The Labute approximate surface area is 176 Å². The van der Waals surface area contributed by atoms with Crippen molar-refractivity contribution < 1.29 is 22.4 Å². The molecule has 0 unspecified atom stereocenters. The summed E-state index contributed by atoms with van der Waals surface area (Å²) in [6, 6.07) is 12.4. The molecule has 0 radical (unpaired) electrons. The summed E-state index contributed by atoms with van der Waals surface area (Å²) in [4.78, 5) is 24.0. The van der Waals surface area contributed by atoms with Crippen molar-refractivity contribution in [1.82, 2.24) is 9.62 Å². The van der Waals surface area contributed by atoms with Crippen LogP contribution in [0.3, 0.4) is 0 Å². The first-order valence-corrected chi connectivity index (χ1v) is 11.4. The molecule has 0 aliphatic carbocycles. The number of carbonyl (C=O) groups is 2. The summed E-state index contributed by atoms with van der Waals surface area (Å²) in [6.07, 6.45) is 1.23. The van der Waals surface area contributed by atoms with Gasteiger partial charge in [-0.1, -0.05) is 30.3 Å². The number of sulfonamides is 1. The molecule has 1 aliphatic heterocycles. The van der Waals surface area contributed by atoms with Gasteiger partial charge in [-0.3, -0.25) is 9.59 Å². The normalized spacial score (nSPS) is 15.7. The first-order chi connectivity index (χ1) is 14.3. The molecular formula is C22H25FN2O4S. The topological polar surface area (TPSA) is 83.6 Å². The van der Waals surface area contributed by atoms with Gasteiger partial charge in [0.15, 0.2) is 5.78 Å². The summed E-state index contributed by atoms with van der Waals surface area (Å²) in [5.41, 5.74) is 0.895. The van der Waals surface area contributed by atoms with E-state index in [9.17, 15) is 22.4 Å². The molecule has 1 aliphatic rings. The highest BCUT2D eigenvalue weighted by Gasteiger charge is 2.32.